The van der Waals surface area contributed by atoms with Gasteiger partial charge in [-0.15, -0.1) is 0 Å². The minimum absolute atomic E-state index is 0.0163. The van der Waals surface area contributed by atoms with E-state index >= 15 is 0 Å². The molecule has 0 aliphatic heterocycles. The summed E-state index contributed by atoms with van der Waals surface area (Å²) in [5.41, 5.74) is 0.981. The number of halogens is 1. The quantitative estimate of drug-likeness (QED) is 0.911. The molecule has 21 heavy (non-hydrogen) atoms. The zero-order valence-corrected chi connectivity index (χ0v) is 12.7. The van der Waals surface area contributed by atoms with E-state index in [1.54, 1.807) is 12.4 Å². The fraction of sp³-hybridized carbons (Fsp3) is 0.467. The molecule has 6 heteroatoms. The second kappa shape index (κ2) is 6.03. The summed E-state index contributed by atoms with van der Waals surface area (Å²) in [4.78, 5) is 4.27. The van der Waals surface area contributed by atoms with Crippen LogP contribution in [0.1, 0.15) is 18.4 Å². The van der Waals surface area contributed by atoms with Crippen LogP contribution in [0.2, 0.25) is 5.02 Å². The van der Waals surface area contributed by atoms with E-state index in [0.29, 0.717) is 16.8 Å². The molecule has 2 aromatic heterocycles. The van der Waals surface area contributed by atoms with Crippen LogP contribution in [-0.2, 0) is 6.54 Å². The van der Waals surface area contributed by atoms with Gasteiger partial charge in [-0.1, -0.05) is 11.6 Å². The van der Waals surface area contributed by atoms with Gasteiger partial charge in [-0.3, -0.25) is 4.68 Å². The van der Waals surface area contributed by atoms with Crippen LogP contribution in [0.3, 0.4) is 0 Å². The first-order valence-corrected chi connectivity index (χ1v) is 7.54. The molecule has 3 rings (SSSR count). The average molecular weight is 307 g/mol. The molecule has 5 nitrogen and oxygen atoms in total. The van der Waals surface area contributed by atoms with Gasteiger partial charge in [0.15, 0.2) is 0 Å². The van der Waals surface area contributed by atoms with Crippen molar-refractivity contribution in [3.05, 3.63) is 41.3 Å². The summed E-state index contributed by atoms with van der Waals surface area (Å²) in [6.07, 6.45) is 6.72. The Bertz CT molecular complexity index is 602. The summed E-state index contributed by atoms with van der Waals surface area (Å²) in [5.74, 6) is 1.06. The summed E-state index contributed by atoms with van der Waals surface area (Å²) >= 11 is 6.25. The fourth-order valence-electron chi connectivity index (χ4n) is 2.91. The Kier molecular flexibility index (Phi) is 4.12. The number of hydrogen-bond donors (Lipinski definition) is 2. The van der Waals surface area contributed by atoms with Crippen molar-refractivity contribution < 1.29 is 5.11 Å². The summed E-state index contributed by atoms with van der Waals surface area (Å²) in [6.45, 7) is 2.78. The number of aromatic nitrogens is 3. The van der Waals surface area contributed by atoms with E-state index in [4.69, 9.17) is 11.6 Å². The van der Waals surface area contributed by atoms with E-state index < -0.39 is 0 Å². The highest BCUT2D eigenvalue weighted by Gasteiger charge is 2.33. The maximum absolute atomic E-state index is 10.2. The molecule has 112 valence electrons. The molecule has 1 aliphatic carbocycles. The van der Waals surface area contributed by atoms with Gasteiger partial charge in [-0.25, -0.2) is 4.98 Å². The second-order valence-corrected chi connectivity index (χ2v) is 6.05. The van der Waals surface area contributed by atoms with Gasteiger partial charge < -0.3 is 10.4 Å². The molecule has 2 aromatic rings. The van der Waals surface area contributed by atoms with Crippen molar-refractivity contribution in [3.8, 4) is 0 Å². The lowest BCUT2D eigenvalue weighted by Gasteiger charge is -2.18. The van der Waals surface area contributed by atoms with Gasteiger partial charge in [0.05, 0.1) is 17.2 Å². The van der Waals surface area contributed by atoms with Gasteiger partial charge in [0.1, 0.15) is 5.82 Å². The predicted octanol–water partition coefficient (Wildman–Crippen LogP) is 2.49. The van der Waals surface area contributed by atoms with Crippen LogP contribution in [0.25, 0.3) is 0 Å². The Hall–Kier alpha value is -1.59. The third kappa shape index (κ3) is 3.19. The molecule has 0 bridgehead atoms. The number of rotatable bonds is 4. The topological polar surface area (TPSA) is 63.0 Å². The molecule has 0 spiro atoms. The molecule has 0 amide bonds. The third-order valence-electron chi connectivity index (χ3n) is 4.04. The molecule has 1 saturated carbocycles. The molecule has 0 aromatic carbocycles. The Morgan fingerprint density at radius 3 is 3.05 bits per heavy atom. The van der Waals surface area contributed by atoms with Crippen LogP contribution >= 0.6 is 11.6 Å². The lowest BCUT2D eigenvalue weighted by atomic mass is 10.1. The third-order valence-corrected chi connectivity index (χ3v) is 4.51. The number of nitrogens with zero attached hydrogens (tertiary/aromatic N) is 3. The van der Waals surface area contributed by atoms with Gasteiger partial charge in [0.2, 0.25) is 0 Å². The van der Waals surface area contributed by atoms with Crippen molar-refractivity contribution in [3.63, 3.8) is 0 Å². The minimum Gasteiger partial charge on any atom is -0.391 e. The zero-order valence-electron chi connectivity index (χ0n) is 11.9. The molecule has 1 unspecified atom stereocenters. The highest BCUT2D eigenvalue weighted by atomic mass is 35.5. The number of nitrogens with one attached hydrogen (secondary N) is 1. The molecular formula is C15H19ClN4O. The minimum atomic E-state index is -0.385. The van der Waals surface area contributed by atoms with Crippen LogP contribution < -0.4 is 5.32 Å². The van der Waals surface area contributed by atoms with Gasteiger partial charge >= 0.3 is 0 Å². The van der Waals surface area contributed by atoms with E-state index in [1.165, 1.54) is 0 Å². The van der Waals surface area contributed by atoms with Gasteiger partial charge in [0.25, 0.3) is 0 Å². The largest absolute Gasteiger partial charge is 0.391 e. The molecule has 0 radical (unpaired) electrons. The van der Waals surface area contributed by atoms with E-state index in [-0.39, 0.29) is 12.1 Å². The van der Waals surface area contributed by atoms with E-state index in [9.17, 15) is 5.11 Å². The Labute approximate surface area is 129 Å². The first-order chi connectivity index (χ1) is 10.1. The lowest BCUT2D eigenvalue weighted by Crippen LogP contribution is -2.28. The molecule has 0 saturated heterocycles. The highest BCUT2D eigenvalue weighted by molar-refractivity contribution is 6.33. The highest BCUT2D eigenvalue weighted by Crippen LogP contribution is 2.31. The Balaban J connectivity index is 1.65. The average Bonchev–Trinajstić information content (AvgIpc) is 3.06. The standard InChI is InChI=1S/C15H19ClN4O/c1-10-3-5-17-15(14(10)16)19-12-7-11(8-13(12)21)9-20-6-2-4-18-20/h2-6,11-13,21H,7-9H2,1H3,(H,17,19)/t11?,12-,13-/m1/s1. The van der Waals surface area contributed by atoms with Crippen molar-refractivity contribution in [2.75, 3.05) is 5.32 Å². The number of aryl methyl sites for hydroxylation is 1. The molecular weight excluding hydrogens is 288 g/mol. The monoisotopic (exact) mass is 306 g/mol. The predicted molar refractivity (Wildman–Crippen MR) is 82.4 cm³/mol. The van der Waals surface area contributed by atoms with Gasteiger partial charge in [-0.05, 0) is 43.4 Å². The molecule has 1 aliphatic rings. The van der Waals surface area contributed by atoms with Gasteiger partial charge in [-0.2, -0.15) is 5.10 Å². The van der Waals surface area contributed by atoms with Crippen molar-refractivity contribution in [1.82, 2.24) is 14.8 Å². The fourth-order valence-corrected chi connectivity index (χ4v) is 3.08. The SMILES string of the molecule is Cc1ccnc(N[C@@H]2CC(Cn3cccn3)C[C@H]2O)c1Cl. The summed E-state index contributed by atoms with van der Waals surface area (Å²) < 4.78 is 1.91. The molecule has 1 fully saturated rings. The van der Waals surface area contributed by atoms with Crippen LogP contribution in [0, 0.1) is 12.8 Å². The van der Waals surface area contributed by atoms with E-state index in [2.05, 4.69) is 15.4 Å². The van der Waals surface area contributed by atoms with E-state index in [1.807, 2.05) is 29.9 Å². The van der Waals surface area contributed by atoms with Crippen LogP contribution in [0.15, 0.2) is 30.7 Å². The number of anilines is 1. The van der Waals surface area contributed by atoms with Crippen molar-refractivity contribution in [1.29, 1.82) is 0 Å². The summed E-state index contributed by atoms with van der Waals surface area (Å²) in [7, 11) is 0. The van der Waals surface area contributed by atoms with Crippen molar-refractivity contribution in [2.45, 2.75) is 38.5 Å². The first-order valence-electron chi connectivity index (χ1n) is 7.16. The number of aliphatic hydroxyl groups excluding tert-OH is 1. The maximum Gasteiger partial charge on any atom is 0.145 e. The van der Waals surface area contributed by atoms with E-state index in [0.717, 1.165) is 24.9 Å². The van der Waals surface area contributed by atoms with Crippen LogP contribution in [0.5, 0.6) is 0 Å². The summed E-state index contributed by atoms with van der Waals surface area (Å²) in [6, 6.07) is 3.77. The van der Waals surface area contributed by atoms with Crippen LogP contribution in [0.4, 0.5) is 5.82 Å². The second-order valence-electron chi connectivity index (χ2n) is 5.67. The molecule has 2 N–H and O–H groups in total. The Morgan fingerprint density at radius 1 is 1.43 bits per heavy atom. The smallest absolute Gasteiger partial charge is 0.145 e. The molecule has 2 heterocycles. The van der Waals surface area contributed by atoms with Crippen LogP contribution in [-0.4, -0.2) is 32.0 Å². The molecule has 3 atom stereocenters. The normalized spacial score (nSPS) is 25.2. The lowest BCUT2D eigenvalue weighted by molar-refractivity contribution is 0.166. The van der Waals surface area contributed by atoms with Crippen molar-refractivity contribution >= 4 is 17.4 Å². The first kappa shape index (κ1) is 14.4. The van der Waals surface area contributed by atoms with Crippen molar-refractivity contribution in [2.24, 2.45) is 5.92 Å². The zero-order chi connectivity index (χ0) is 14.8. The number of aliphatic hydroxyl groups is 1. The van der Waals surface area contributed by atoms with Gasteiger partial charge in [0, 0.05) is 25.1 Å². The summed E-state index contributed by atoms with van der Waals surface area (Å²) in [5, 5.41) is 18.4. The maximum atomic E-state index is 10.2. The number of hydrogen-bond acceptors (Lipinski definition) is 4. The number of pyridine rings is 1. The Morgan fingerprint density at radius 2 is 2.29 bits per heavy atom.